The van der Waals surface area contributed by atoms with Crippen LogP contribution in [0.15, 0.2) is 60.7 Å². The van der Waals surface area contributed by atoms with Crippen molar-refractivity contribution in [2.75, 3.05) is 38.2 Å². The highest BCUT2D eigenvalue weighted by molar-refractivity contribution is 5.99. The van der Waals surface area contributed by atoms with Gasteiger partial charge in [-0.05, 0) is 37.0 Å². The Kier molecular flexibility index (Phi) is 8.29. The fourth-order valence-electron chi connectivity index (χ4n) is 4.51. The molecule has 7 heteroatoms. The molecular formula is C25H31ClN2O4. The van der Waals surface area contributed by atoms with Gasteiger partial charge in [0.25, 0.3) is 5.91 Å². The molecule has 2 fully saturated rings. The number of anilines is 1. The van der Waals surface area contributed by atoms with E-state index in [1.807, 2.05) is 36.4 Å². The number of para-hydroxylation sites is 1. The molecule has 0 aromatic heterocycles. The molecule has 0 radical (unpaired) electrons. The predicted molar refractivity (Wildman–Crippen MR) is 126 cm³/mol. The molecule has 1 atom stereocenters. The van der Waals surface area contributed by atoms with Crippen LogP contribution < -0.4 is 4.90 Å². The zero-order valence-electron chi connectivity index (χ0n) is 18.4. The fraction of sp³-hybridized carbons (Fsp3) is 0.440. The molecule has 6 nitrogen and oxygen atoms in total. The Morgan fingerprint density at radius 3 is 2.31 bits per heavy atom. The quantitative estimate of drug-likeness (QED) is 0.620. The molecule has 0 bridgehead atoms. The van der Waals surface area contributed by atoms with Crippen molar-refractivity contribution in [3.8, 4) is 0 Å². The minimum atomic E-state index is -0.808. The largest absolute Gasteiger partial charge is 0.469 e. The predicted octanol–water partition coefficient (Wildman–Crippen LogP) is 3.48. The number of carbonyl (C=O) groups excluding carboxylic acids is 2. The van der Waals surface area contributed by atoms with Crippen molar-refractivity contribution in [1.82, 2.24) is 4.90 Å². The number of ether oxygens (including phenoxy) is 2. The number of piperidine rings is 1. The molecule has 2 aromatic rings. The molecule has 2 aliphatic heterocycles. The summed E-state index contributed by atoms with van der Waals surface area (Å²) >= 11 is 0. The van der Waals surface area contributed by atoms with Crippen LogP contribution in [0.25, 0.3) is 0 Å². The lowest BCUT2D eigenvalue weighted by Gasteiger charge is -2.49. The Morgan fingerprint density at radius 2 is 1.69 bits per heavy atom. The summed E-state index contributed by atoms with van der Waals surface area (Å²) in [6.07, 6.45) is 1.82. The number of amides is 1. The number of benzene rings is 2. The molecule has 1 spiro atoms. The summed E-state index contributed by atoms with van der Waals surface area (Å²) in [5.41, 5.74) is 1.75. The first-order valence-electron chi connectivity index (χ1n) is 11.0. The Labute approximate surface area is 195 Å². The van der Waals surface area contributed by atoms with Crippen LogP contribution in [0.5, 0.6) is 0 Å². The van der Waals surface area contributed by atoms with E-state index in [2.05, 4.69) is 29.2 Å². The molecule has 2 heterocycles. The number of methoxy groups -OCH3 is 1. The second-order valence-corrected chi connectivity index (χ2v) is 8.41. The van der Waals surface area contributed by atoms with Gasteiger partial charge in [0.2, 0.25) is 0 Å². The van der Waals surface area contributed by atoms with Gasteiger partial charge in [0.1, 0.15) is 6.10 Å². The average Bonchev–Trinajstić information content (AvgIpc) is 2.82. The van der Waals surface area contributed by atoms with Crippen LogP contribution in [0.4, 0.5) is 5.69 Å². The van der Waals surface area contributed by atoms with Gasteiger partial charge in [0.15, 0.2) is 0 Å². The summed E-state index contributed by atoms with van der Waals surface area (Å²) in [7, 11) is 1.34. The number of morpholine rings is 1. The number of halogens is 1. The summed E-state index contributed by atoms with van der Waals surface area (Å²) in [4.78, 5) is 29.3. The fourth-order valence-corrected chi connectivity index (χ4v) is 4.51. The molecule has 2 aliphatic rings. The minimum absolute atomic E-state index is 0. The van der Waals surface area contributed by atoms with E-state index in [4.69, 9.17) is 9.47 Å². The zero-order chi connectivity index (χ0) is 21.7. The molecule has 0 aliphatic carbocycles. The molecule has 32 heavy (non-hydrogen) atoms. The van der Waals surface area contributed by atoms with E-state index >= 15 is 0 Å². The molecule has 2 saturated heterocycles. The van der Waals surface area contributed by atoms with Crippen LogP contribution in [-0.2, 0) is 25.5 Å². The lowest BCUT2D eigenvalue weighted by molar-refractivity contribution is -0.172. The summed E-state index contributed by atoms with van der Waals surface area (Å²) < 4.78 is 11.2. The Hall–Kier alpha value is -2.41. The first-order valence-corrected chi connectivity index (χ1v) is 11.0. The van der Waals surface area contributed by atoms with Gasteiger partial charge in [-0.15, -0.1) is 12.4 Å². The van der Waals surface area contributed by atoms with E-state index in [1.54, 1.807) is 4.90 Å². The molecule has 172 valence electrons. The van der Waals surface area contributed by atoms with Crippen LogP contribution in [0.2, 0.25) is 0 Å². The average molecular weight is 459 g/mol. The van der Waals surface area contributed by atoms with Crippen molar-refractivity contribution in [2.24, 2.45) is 0 Å². The number of hydrogen-bond acceptors (Lipinski definition) is 5. The summed E-state index contributed by atoms with van der Waals surface area (Å²) in [6.45, 7) is 3.34. The third kappa shape index (κ3) is 5.68. The standard InChI is InChI=1S/C25H30N2O4.ClH/c1-30-23(28)18-22-24(29)27(21-10-6-3-7-11-21)19-25(31-22)13-16-26(17-14-25)15-12-20-8-4-2-5-9-20;/h2-11,22H,12-19H2,1H3;1H. The number of carbonyl (C=O) groups is 2. The molecule has 4 rings (SSSR count). The van der Waals surface area contributed by atoms with E-state index in [0.717, 1.165) is 44.6 Å². The van der Waals surface area contributed by atoms with Gasteiger partial charge in [0, 0.05) is 25.3 Å². The first-order chi connectivity index (χ1) is 15.1. The first kappa shape index (κ1) is 24.2. The Bertz CT molecular complexity index is 885. The second kappa shape index (κ2) is 10.9. The molecule has 0 saturated carbocycles. The van der Waals surface area contributed by atoms with Crippen molar-refractivity contribution in [3.05, 3.63) is 66.2 Å². The van der Waals surface area contributed by atoms with Gasteiger partial charge >= 0.3 is 5.97 Å². The van der Waals surface area contributed by atoms with Gasteiger partial charge < -0.3 is 19.3 Å². The Balaban J connectivity index is 0.00000289. The van der Waals surface area contributed by atoms with E-state index < -0.39 is 17.7 Å². The van der Waals surface area contributed by atoms with Crippen LogP contribution in [-0.4, -0.2) is 61.8 Å². The lowest BCUT2D eigenvalue weighted by atomic mass is 9.87. The molecule has 1 amide bonds. The highest BCUT2D eigenvalue weighted by Gasteiger charge is 2.47. The smallest absolute Gasteiger partial charge is 0.308 e. The van der Waals surface area contributed by atoms with Gasteiger partial charge in [-0.1, -0.05) is 48.5 Å². The van der Waals surface area contributed by atoms with Crippen LogP contribution in [0.3, 0.4) is 0 Å². The number of esters is 1. The SMILES string of the molecule is COC(=O)CC1OC2(CCN(CCc3ccccc3)CC2)CN(c2ccccc2)C1=O.Cl. The van der Waals surface area contributed by atoms with Gasteiger partial charge in [0.05, 0.1) is 25.7 Å². The van der Waals surface area contributed by atoms with Gasteiger partial charge in [-0.2, -0.15) is 0 Å². The third-order valence-electron chi connectivity index (χ3n) is 6.35. The summed E-state index contributed by atoms with van der Waals surface area (Å²) in [6, 6.07) is 20.2. The second-order valence-electron chi connectivity index (χ2n) is 8.41. The normalized spacial score (nSPS) is 20.6. The van der Waals surface area contributed by atoms with Crippen molar-refractivity contribution in [2.45, 2.75) is 37.4 Å². The number of hydrogen-bond donors (Lipinski definition) is 0. The number of rotatable bonds is 6. The van der Waals surface area contributed by atoms with Crippen molar-refractivity contribution >= 4 is 30.0 Å². The lowest BCUT2D eigenvalue weighted by Crippen LogP contribution is -2.62. The van der Waals surface area contributed by atoms with E-state index in [-0.39, 0.29) is 24.7 Å². The molecule has 1 unspecified atom stereocenters. The van der Waals surface area contributed by atoms with E-state index in [0.29, 0.717) is 6.54 Å². The number of likely N-dealkylation sites (tertiary alicyclic amines) is 1. The van der Waals surface area contributed by atoms with Crippen LogP contribution in [0.1, 0.15) is 24.8 Å². The topological polar surface area (TPSA) is 59.1 Å². The van der Waals surface area contributed by atoms with Crippen LogP contribution in [0, 0.1) is 0 Å². The van der Waals surface area contributed by atoms with Gasteiger partial charge in [-0.25, -0.2) is 0 Å². The number of nitrogens with zero attached hydrogens (tertiary/aromatic N) is 2. The van der Waals surface area contributed by atoms with Crippen molar-refractivity contribution < 1.29 is 19.1 Å². The maximum atomic E-state index is 13.1. The Morgan fingerprint density at radius 1 is 1.06 bits per heavy atom. The molecule has 2 aromatic carbocycles. The maximum Gasteiger partial charge on any atom is 0.308 e. The summed E-state index contributed by atoms with van der Waals surface area (Å²) in [5.74, 6) is -0.600. The molecule has 0 N–H and O–H groups in total. The minimum Gasteiger partial charge on any atom is -0.469 e. The van der Waals surface area contributed by atoms with E-state index in [1.165, 1.54) is 12.7 Å². The highest BCUT2D eigenvalue weighted by Crippen LogP contribution is 2.36. The summed E-state index contributed by atoms with van der Waals surface area (Å²) in [5, 5.41) is 0. The van der Waals surface area contributed by atoms with E-state index in [9.17, 15) is 9.59 Å². The van der Waals surface area contributed by atoms with Crippen LogP contribution >= 0.6 is 12.4 Å². The molecular weight excluding hydrogens is 428 g/mol. The maximum absolute atomic E-state index is 13.1. The monoisotopic (exact) mass is 458 g/mol. The third-order valence-corrected chi connectivity index (χ3v) is 6.35. The van der Waals surface area contributed by atoms with Gasteiger partial charge in [-0.3, -0.25) is 9.59 Å². The van der Waals surface area contributed by atoms with Crippen molar-refractivity contribution in [1.29, 1.82) is 0 Å². The highest BCUT2D eigenvalue weighted by atomic mass is 35.5. The van der Waals surface area contributed by atoms with Crippen molar-refractivity contribution in [3.63, 3.8) is 0 Å². The zero-order valence-corrected chi connectivity index (χ0v) is 19.3.